The summed E-state index contributed by atoms with van der Waals surface area (Å²) < 4.78 is 1.82. The molecule has 188 valence electrons. The van der Waals surface area contributed by atoms with Crippen molar-refractivity contribution in [2.24, 2.45) is 5.92 Å². The van der Waals surface area contributed by atoms with E-state index in [0.717, 1.165) is 56.4 Å². The van der Waals surface area contributed by atoms with Crippen LogP contribution < -0.4 is 10.9 Å². The number of nitrogens with one attached hydrogen (secondary N) is 1. The van der Waals surface area contributed by atoms with Crippen LogP contribution in [0.5, 0.6) is 0 Å². The molecule has 2 aliphatic rings. The van der Waals surface area contributed by atoms with Crippen LogP contribution in [0.1, 0.15) is 37.3 Å². The van der Waals surface area contributed by atoms with Gasteiger partial charge in [-0.15, -0.1) is 0 Å². The van der Waals surface area contributed by atoms with Gasteiger partial charge in [0.25, 0.3) is 5.56 Å². The molecule has 36 heavy (non-hydrogen) atoms. The van der Waals surface area contributed by atoms with Gasteiger partial charge in [-0.1, -0.05) is 60.7 Å². The van der Waals surface area contributed by atoms with Crippen molar-refractivity contribution in [1.82, 2.24) is 19.7 Å². The number of hydrogen-bond acceptors (Lipinski definition) is 3. The van der Waals surface area contributed by atoms with Crippen molar-refractivity contribution in [3.63, 3.8) is 0 Å². The zero-order valence-corrected chi connectivity index (χ0v) is 21.1. The van der Waals surface area contributed by atoms with Crippen LogP contribution in [0.15, 0.2) is 83.8 Å². The minimum absolute atomic E-state index is 0.0352. The molecule has 6 nitrogen and oxygen atoms in total. The second kappa shape index (κ2) is 11.1. The van der Waals surface area contributed by atoms with E-state index in [1.54, 1.807) is 6.07 Å². The molecule has 1 aromatic heterocycles. The highest BCUT2D eigenvalue weighted by Crippen LogP contribution is 2.33. The molecule has 2 aromatic carbocycles. The summed E-state index contributed by atoms with van der Waals surface area (Å²) in [5.74, 6) is 0.397. The Morgan fingerprint density at radius 2 is 1.58 bits per heavy atom. The number of carbonyl (C=O) groups excluding carboxylic acids is 1. The lowest BCUT2D eigenvalue weighted by Crippen LogP contribution is -2.52. The Hall–Kier alpha value is -3.38. The molecule has 0 saturated carbocycles. The van der Waals surface area contributed by atoms with E-state index in [1.165, 1.54) is 5.56 Å². The maximum absolute atomic E-state index is 13.6. The largest absolute Gasteiger partial charge is 0.325 e. The average molecular weight is 485 g/mol. The van der Waals surface area contributed by atoms with Gasteiger partial charge >= 0.3 is 6.03 Å². The standard InChI is InChI=1S/C30H36N4O2/c1-31-27-15-19-34(28(21-27)25-10-6-3-7-11-25)30(36)32-16-12-23(13-17-32)22-33-18-14-26(20-29(33)35)24-8-4-2-5-9-24/h2-11,14,18,20,23,27-28,31H,12-13,15-17,19,21-22H2,1H3/t27-,28+/m1/s1. The number of likely N-dealkylation sites (tertiary alicyclic amines) is 2. The Morgan fingerprint density at radius 1 is 0.889 bits per heavy atom. The molecule has 5 rings (SSSR count). The van der Waals surface area contributed by atoms with Gasteiger partial charge in [0, 0.05) is 44.5 Å². The van der Waals surface area contributed by atoms with Crippen molar-refractivity contribution in [2.75, 3.05) is 26.7 Å². The number of rotatable bonds is 5. The number of pyridine rings is 1. The van der Waals surface area contributed by atoms with Crippen molar-refractivity contribution < 1.29 is 4.79 Å². The number of carbonyl (C=O) groups is 1. The number of urea groups is 1. The summed E-state index contributed by atoms with van der Waals surface area (Å²) in [7, 11) is 2.01. The fourth-order valence-electron chi connectivity index (χ4n) is 5.68. The van der Waals surface area contributed by atoms with Crippen LogP contribution in [0.4, 0.5) is 4.79 Å². The Bertz CT molecular complexity index is 1200. The Balaban J connectivity index is 1.20. The predicted molar refractivity (Wildman–Crippen MR) is 144 cm³/mol. The lowest BCUT2D eigenvalue weighted by molar-refractivity contribution is 0.0920. The van der Waals surface area contributed by atoms with E-state index in [4.69, 9.17) is 0 Å². The predicted octanol–water partition coefficient (Wildman–Crippen LogP) is 4.77. The van der Waals surface area contributed by atoms with Gasteiger partial charge in [0.15, 0.2) is 0 Å². The molecule has 6 heteroatoms. The minimum Gasteiger partial charge on any atom is -0.325 e. The Kier molecular flexibility index (Phi) is 7.52. The first-order chi connectivity index (χ1) is 17.6. The summed E-state index contributed by atoms with van der Waals surface area (Å²) >= 11 is 0. The first kappa shape index (κ1) is 24.3. The van der Waals surface area contributed by atoms with Gasteiger partial charge in [-0.2, -0.15) is 0 Å². The van der Waals surface area contributed by atoms with Gasteiger partial charge in [0.05, 0.1) is 6.04 Å². The lowest BCUT2D eigenvalue weighted by Gasteiger charge is -2.43. The molecule has 0 unspecified atom stereocenters. The normalized spacial score (nSPS) is 20.9. The van der Waals surface area contributed by atoms with Gasteiger partial charge in [-0.3, -0.25) is 4.79 Å². The fraction of sp³-hybridized carbons (Fsp3) is 0.400. The topological polar surface area (TPSA) is 57.6 Å². The highest BCUT2D eigenvalue weighted by molar-refractivity contribution is 5.75. The number of amides is 2. The molecule has 1 N–H and O–H groups in total. The van der Waals surface area contributed by atoms with Crippen LogP contribution in [-0.2, 0) is 6.54 Å². The quantitative estimate of drug-likeness (QED) is 0.568. The van der Waals surface area contributed by atoms with Crippen LogP contribution in [0.3, 0.4) is 0 Å². The molecule has 0 radical (unpaired) electrons. The SMILES string of the molecule is CN[C@@H]1CCN(C(=O)N2CCC(Cn3ccc(-c4ccccc4)cc3=O)CC2)[C@H](c2ccccc2)C1. The first-order valence-corrected chi connectivity index (χ1v) is 13.2. The van der Waals surface area contributed by atoms with Crippen molar-refractivity contribution in [3.05, 3.63) is 94.9 Å². The smallest absolute Gasteiger partial charge is 0.320 e. The monoisotopic (exact) mass is 484 g/mol. The van der Waals surface area contributed by atoms with E-state index in [9.17, 15) is 9.59 Å². The van der Waals surface area contributed by atoms with Crippen molar-refractivity contribution in [1.29, 1.82) is 0 Å². The van der Waals surface area contributed by atoms with Gasteiger partial charge in [-0.25, -0.2) is 4.79 Å². The van der Waals surface area contributed by atoms with Crippen molar-refractivity contribution in [2.45, 2.75) is 44.3 Å². The molecule has 0 aliphatic carbocycles. The summed E-state index contributed by atoms with van der Waals surface area (Å²) in [4.78, 5) is 30.5. The first-order valence-electron chi connectivity index (χ1n) is 13.2. The zero-order valence-electron chi connectivity index (χ0n) is 21.1. The summed E-state index contributed by atoms with van der Waals surface area (Å²) in [6, 6.07) is 24.8. The van der Waals surface area contributed by atoms with Crippen LogP contribution in [0.2, 0.25) is 0 Å². The molecular weight excluding hydrogens is 448 g/mol. The van der Waals surface area contributed by atoms with E-state index in [0.29, 0.717) is 18.5 Å². The third kappa shape index (κ3) is 5.39. The maximum Gasteiger partial charge on any atom is 0.320 e. The van der Waals surface area contributed by atoms with E-state index < -0.39 is 0 Å². The molecular formula is C30H36N4O2. The summed E-state index contributed by atoms with van der Waals surface area (Å²) in [5.41, 5.74) is 3.25. The van der Waals surface area contributed by atoms with E-state index >= 15 is 0 Å². The fourth-order valence-corrected chi connectivity index (χ4v) is 5.68. The summed E-state index contributed by atoms with van der Waals surface area (Å²) in [5, 5.41) is 3.41. The van der Waals surface area contributed by atoms with E-state index in [-0.39, 0.29) is 17.6 Å². The third-order valence-corrected chi connectivity index (χ3v) is 7.88. The maximum atomic E-state index is 13.6. The van der Waals surface area contributed by atoms with Gasteiger partial charge < -0.3 is 19.7 Å². The Morgan fingerprint density at radius 3 is 2.25 bits per heavy atom. The second-order valence-corrected chi connectivity index (χ2v) is 10.1. The molecule has 3 aromatic rings. The Labute approximate surface area is 213 Å². The summed E-state index contributed by atoms with van der Waals surface area (Å²) in [6.45, 7) is 2.96. The van der Waals surface area contributed by atoms with Crippen LogP contribution >= 0.6 is 0 Å². The molecule has 0 bridgehead atoms. The molecule has 2 fully saturated rings. The summed E-state index contributed by atoms with van der Waals surface area (Å²) in [6.07, 6.45) is 5.66. The van der Waals surface area contributed by atoms with E-state index in [2.05, 4.69) is 34.5 Å². The highest BCUT2D eigenvalue weighted by Gasteiger charge is 2.35. The molecule has 2 aliphatic heterocycles. The van der Waals surface area contributed by atoms with Crippen molar-refractivity contribution in [3.8, 4) is 11.1 Å². The zero-order chi connectivity index (χ0) is 24.9. The van der Waals surface area contributed by atoms with Crippen molar-refractivity contribution >= 4 is 6.03 Å². The van der Waals surface area contributed by atoms with Gasteiger partial charge in [-0.05, 0) is 61.4 Å². The number of piperidine rings is 2. The third-order valence-electron chi connectivity index (χ3n) is 7.88. The van der Waals surface area contributed by atoms with Crippen LogP contribution in [0.25, 0.3) is 11.1 Å². The van der Waals surface area contributed by atoms with Crippen LogP contribution in [-0.4, -0.2) is 53.1 Å². The number of benzene rings is 2. The van der Waals surface area contributed by atoms with Crippen LogP contribution in [0, 0.1) is 5.92 Å². The second-order valence-electron chi connectivity index (χ2n) is 10.1. The van der Waals surface area contributed by atoms with Gasteiger partial charge in [0.2, 0.25) is 0 Å². The molecule has 0 spiro atoms. The average Bonchev–Trinajstić information content (AvgIpc) is 2.95. The van der Waals surface area contributed by atoms with Gasteiger partial charge in [0.1, 0.15) is 0 Å². The molecule has 2 atom stereocenters. The number of nitrogens with zero attached hydrogens (tertiary/aromatic N) is 3. The van der Waals surface area contributed by atoms with E-state index in [1.807, 2.05) is 65.2 Å². The molecule has 2 amide bonds. The lowest BCUT2D eigenvalue weighted by atomic mass is 9.91. The molecule has 2 saturated heterocycles. The number of hydrogen-bond donors (Lipinski definition) is 1. The minimum atomic E-state index is 0.0352. The highest BCUT2D eigenvalue weighted by atomic mass is 16.2. The number of aromatic nitrogens is 1. The molecule has 3 heterocycles.